The summed E-state index contributed by atoms with van der Waals surface area (Å²) in [6.07, 6.45) is 0.164. The molecule has 0 aliphatic carbocycles. The Labute approximate surface area is 165 Å². The fourth-order valence-electron chi connectivity index (χ4n) is 3.09. The van der Waals surface area contributed by atoms with E-state index in [9.17, 15) is 9.59 Å². The summed E-state index contributed by atoms with van der Waals surface area (Å²) in [5, 5.41) is 8.52. The molecule has 1 aliphatic rings. The predicted octanol–water partition coefficient (Wildman–Crippen LogP) is 3.11. The van der Waals surface area contributed by atoms with E-state index < -0.39 is 5.92 Å². The van der Waals surface area contributed by atoms with Crippen molar-refractivity contribution in [3.05, 3.63) is 41.5 Å². The van der Waals surface area contributed by atoms with Gasteiger partial charge in [0.25, 0.3) is 5.89 Å². The average molecular weight is 398 g/mol. The van der Waals surface area contributed by atoms with Crippen LogP contribution in [0.2, 0.25) is 0 Å². The van der Waals surface area contributed by atoms with Crippen molar-refractivity contribution < 1.29 is 18.8 Å². The van der Waals surface area contributed by atoms with E-state index in [1.54, 1.807) is 37.1 Å². The molecule has 1 fully saturated rings. The van der Waals surface area contributed by atoms with Crippen LogP contribution in [-0.4, -0.2) is 35.6 Å². The summed E-state index contributed by atoms with van der Waals surface area (Å²) in [6.45, 7) is 2.06. The van der Waals surface area contributed by atoms with Gasteiger partial charge in [0.1, 0.15) is 10.6 Å². The van der Waals surface area contributed by atoms with E-state index in [2.05, 4.69) is 15.5 Å². The number of anilines is 2. The number of hydrogen-bond acceptors (Lipinski definition) is 7. The lowest BCUT2D eigenvalue weighted by Crippen LogP contribution is -2.28. The van der Waals surface area contributed by atoms with Gasteiger partial charge in [-0.25, -0.2) is 0 Å². The first kappa shape index (κ1) is 18.2. The second-order valence-electron chi connectivity index (χ2n) is 6.40. The van der Waals surface area contributed by atoms with Crippen molar-refractivity contribution in [3.8, 4) is 16.5 Å². The first-order chi connectivity index (χ1) is 13.5. The number of carbonyl (C=O) groups excluding carboxylic acids is 2. The van der Waals surface area contributed by atoms with Crippen LogP contribution in [0.5, 0.6) is 5.75 Å². The largest absolute Gasteiger partial charge is 0.497 e. The minimum atomic E-state index is -0.438. The average Bonchev–Trinajstić information content (AvgIpc) is 3.42. The molecule has 1 aliphatic heterocycles. The van der Waals surface area contributed by atoms with E-state index in [0.29, 0.717) is 34.6 Å². The summed E-state index contributed by atoms with van der Waals surface area (Å²) in [5.74, 6) is 0.878. The third kappa shape index (κ3) is 3.48. The van der Waals surface area contributed by atoms with Gasteiger partial charge in [0, 0.05) is 18.7 Å². The lowest BCUT2D eigenvalue weighted by Gasteiger charge is -2.17. The van der Waals surface area contributed by atoms with Gasteiger partial charge in [0.15, 0.2) is 5.82 Å². The molecule has 28 heavy (non-hydrogen) atoms. The number of benzene rings is 1. The van der Waals surface area contributed by atoms with Crippen LogP contribution in [0, 0.1) is 12.8 Å². The Kier molecular flexibility index (Phi) is 4.82. The summed E-state index contributed by atoms with van der Waals surface area (Å²) < 4.78 is 10.3. The van der Waals surface area contributed by atoms with Gasteiger partial charge < -0.3 is 19.5 Å². The number of aromatic nitrogens is 2. The van der Waals surface area contributed by atoms with Crippen molar-refractivity contribution in [2.24, 2.45) is 5.92 Å². The number of carbonyl (C=O) groups is 2. The Bertz CT molecular complexity index is 1010. The molecule has 0 spiro atoms. The maximum absolute atomic E-state index is 12.8. The minimum absolute atomic E-state index is 0.0802. The third-order valence-electron chi connectivity index (χ3n) is 4.52. The first-order valence-electron chi connectivity index (χ1n) is 8.68. The van der Waals surface area contributed by atoms with Gasteiger partial charge in [-0.15, -0.1) is 11.3 Å². The molecule has 1 unspecified atom stereocenters. The minimum Gasteiger partial charge on any atom is -0.497 e. The number of methoxy groups -OCH3 is 1. The third-order valence-corrected chi connectivity index (χ3v) is 5.43. The molecule has 2 amide bonds. The summed E-state index contributed by atoms with van der Waals surface area (Å²) in [7, 11) is 1.59. The highest BCUT2D eigenvalue weighted by atomic mass is 32.1. The Morgan fingerprint density at radius 1 is 1.32 bits per heavy atom. The van der Waals surface area contributed by atoms with Crippen LogP contribution in [0.25, 0.3) is 10.8 Å². The Balaban J connectivity index is 1.46. The predicted molar refractivity (Wildman–Crippen MR) is 104 cm³/mol. The lowest BCUT2D eigenvalue weighted by atomic mass is 10.1. The number of amides is 2. The van der Waals surface area contributed by atoms with E-state index in [0.717, 1.165) is 5.69 Å². The van der Waals surface area contributed by atoms with Crippen molar-refractivity contribution in [1.82, 2.24) is 10.1 Å². The summed E-state index contributed by atoms with van der Waals surface area (Å²) in [6, 6.07) is 8.99. The number of ether oxygens (including phenoxy) is 1. The lowest BCUT2D eigenvalue weighted by molar-refractivity contribution is -0.122. The molecule has 9 heteroatoms. The fourth-order valence-corrected chi connectivity index (χ4v) is 3.86. The van der Waals surface area contributed by atoms with Crippen LogP contribution in [0.1, 0.15) is 12.2 Å². The molecule has 1 N–H and O–H groups in total. The van der Waals surface area contributed by atoms with E-state index >= 15 is 0 Å². The summed E-state index contributed by atoms with van der Waals surface area (Å²) in [4.78, 5) is 31.7. The summed E-state index contributed by atoms with van der Waals surface area (Å²) >= 11 is 1.40. The van der Waals surface area contributed by atoms with Gasteiger partial charge >= 0.3 is 0 Å². The second kappa shape index (κ2) is 7.43. The van der Waals surface area contributed by atoms with E-state index in [4.69, 9.17) is 9.26 Å². The molecule has 1 aromatic carbocycles. The van der Waals surface area contributed by atoms with Gasteiger partial charge in [0.05, 0.1) is 18.7 Å². The molecular formula is C19H18N4O4S. The van der Waals surface area contributed by atoms with E-state index in [1.807, 2.05) is 17.5 Å². The second-order valence-corrected chi connectivity index (χ2v) is 7.32. The molecule has 2 aromatic heterocycles. The number of rotatable bonds is 5. The normalized spacial score (nSPS) is 16.4. The number of nitrogens with one attached hydrogen (secondary N) is 1. The number of hydrogen-bond donors (Lipinski definition) is 1. The standard InChI is InChI=1S/C19H18N4O4S/c1-11-20-19(27-22-11)17-15(7-8-28-17)21-18(25)12-9-16(24)23(10-12)13-3-5-14(26-2)6-4-13/h3-8,12H,9-10H2,1-2H3,(H,21,25). The van der Waals surface area contributed by atoms with E-state index in [-0.39, 0.29) is 18.2 Å². The highest BCUT2D eigenvalue weighted by molar-refractivity contribution is 7.14. The molecular weight excluding hydrogens is 380 g/mol. The highest BCUT2D eigenvalue weighted by Gasteiger charge is 2.35. The molecule has 3 heterocycles. The molecule has 4 rings (SSSR count). The van der Waals surface area contributed by atoms with E-state index in [1.165, 1.54) is 11.3 Å². The molecule has 1 saturated heterocycles. The van der Waals surface area contributed by atoms with Crippen LogP contribution in [0.4, 0.5) is 11.4 Å². The van der Waals surface area contributed by atoms with Crippen molar-refractivity contribution in [2.75, 3.05) is 23.9 Å². The number of thiophene rings is 1. The zero-order valence-corrected chi connectivity index (χ0v) is 16.2. The van der Waals surface area contributed by atoms with Crippen molar-refractivity contribution in [1.29, 1.82) is 0 Å². The van der Waals surface area contributed by atoms with Crippen LogP contribution >= 0.6 is 11.3 Å². The van der Waals surface area contributed by atoms with Gasteiger partial charge in [-0.05, 0) is 42.6 Å². The highest BCUT2D eigenvalue weighted by Crippen LogP contribution is 2.34. The van der Waals surface area contributed by atoms with Gasteiger partial charge in [-0.2, -0.15) is 4.98 Å². The monoisotopic (exact) mass is 398 g/mol. The topological polar surface area (TPSA) is 97.6 Å². The van der Waals surface area contributed by atoms with Crippen LogP contribution in [0.15, 0.2) is 40.2 Å². The Morgan fingerprint density at radius 2 is 2.11 bits per heavy atom. The molecule has 0 bridgehead atoms. The first-order valence-corrected chi connectivity index (χ1v) is 9.56. The molecule has 144 valence electrons. The zero-order valence-electron chi connectivity index (χ0n) is 15.3. The molecule has 1 atom stereocenters. The van der Waals surface area contributed by atoms with Crippen LogP contribution in [-0.2, 0) is 9.59 Å². The quantitative estimate of drug-likeness (QED) is 0.709. The maximum Gasteiger partial charge on any atom is 0.270 e. The van der Waals surface area contributed by atoms with Crippen LogP contribution < -0.4 is 15.0 Å². The van der Waals surface area contributed by atoms with Crippen molar-refractivity contribution in [3.63, 3.8) is 0 Å². The summed E-state index contributed by atoms with van der Waals surface area (Å²) in [5.41, 5.74) is 1.35. The SMILES string of the molecule is COc1ccc(N2CC(C(=O)Nc3ccsc3-c3nc(C)no3)CC2=O)cc1. The smallest absolute Gasteiger partial charge is 0.270 e. The number of aryl methyl sites for hydroxylation is 1. The van der Waals surface area contributed by atoms with Gasteiger partial charge in [-0.1, -0.05) is 5.16 Å². The molecule has 3 aromatic rings. The molecule has 8 nitrogen and oxygen atoms in total. The molecule has 0 saturated carbocycles. The maximum atomic E-state index is 12.8. The van der Waals surface area contributed by atoms with Crippen LogP contribution in [0.3, 0.4) is 0 Å². The van der Waals surface area contributed by atoms with Crippen molar-refractivity contribution in [2.45, 2.75) is 13.3 Å². The Morgan fingerprint density at radius 3 is 2.79 bits per heavy atom. The number of nitrogens with zero attached hydrogens (tertiary/aromatic N) is 3. The Hall–Kier alpha value is -3.20. The van der Waals surface area contributed by atoms with Gasteiger partial charge in [0.2, 0.25) is 11.8 Å². The van der Waals surface area contributed by atoms with Crippen molar-refractivity contribution >= 4 is 34.5 Å². The molecule has 0 radical (unpaired) electrons. The fraction of sp³-hybridized carbons (Fsp3) is 0.263. The zero-order chi connectivity index (χ0) is 19.7. The van der Waals surface area contributed by atoms with Gasteiger partial charge in [-0.3, -0.25) is 9.59 Å².